The topological polar surface area (TPSA) is 57.5 Å². The van der Waals surface area contributed by atoms with Crippen molar-refractivity contribution in [2.24, 2.45) is 0 Å². The number of benzene rings is 2. The molecule has 0 radical (unpaired) electrons. The van der Waals surface area contributed by atoms with Gasteiger partial charge in [0.2, 0.25) is 0 Å². The second kappa shape index (κ2) is 9.70. The summed E-state index contributed by atoms with van der Waals surface area (Å²) in [5, 5.41) is 0.457. The van der Waals surface area contributed by atoms with Gasteiger partial charge >= 0.3 is 7.12 Å². The van der Waals surface area contributed by atoms with Gasteiger partial charge in [0.05, 0.1) is 21.6 Å². The number of aromatic nitrogens is 1. The van der Waals surface area contributed by atoms with Gasteiger partial charge in [-0.15, -0.1) is 0 Å². The highest BCUT2D eigenvalue weighted by atomic mass is 32.2. The molecule has 1 aliphatic rings. The van der Waals surface area contributed by atoms with E-state index in [1.165, 1.54) is 28.4 Å². The Hall–Kier alpha value is -3.01. The van der Waals surface area contributed by atoms with Crippen molar-refractivity contribution in [1.82, 2.24) is 3.97 Å². The zero-order chi connectivity index (χ0) is 27.2. The van der Waals surface area contributed by atoms with Crippen LogP contribution in [0.3, 0.4) is 0 Å². The summed E-state index contributed by atoms with van der Waals surface area (Å²) in [4.78, 5) is 0.115. The highest BCUT2D eigenvalue weighted by Crippen LogP contribution is 2.38. The van der Waals surface area contributed by atoms with Crippen molar-refractivity contribution in [3.63, 3.8) is 0 Å². The molecular weight excluding hydrogens is 495 g/mol. The van der Waals surface area contributed by atoms with Crippen LogP contribution < -0.4 is 5.46 Å². The Balaban J connectivity index is 1.96. The van der Waals surface area contributed by atoms with Crippen molar-refractivity contribution < 1.29 is 26.5 Å². The Morgan fingerprint density at radius 3 is 2.27 bits per heavy atom. The Morgan fingerprint density at radius 2 is 1.70 bits per heavy atom. The van der Waals surface area contributed by atoms with Gasteiger partial charge in [0.15, 0.2) is 0 Å². The van der Waals surface area contributed by atoms with Gasteiger partial charge in [-0.3, -0.25) is 0 Å². The Morgan fingerprint density at radius 1 is 1.08 bits per heavy atom. The van der Waals surface area contributed by atoms with Crippen molar-refractivity contribution in [2.75, 3.05) is 6.67 Å². The monoisotopic (exact) mass is 525 g/mol. The Labute approximate surface area is 217 Å². The third-order valence-electron chi connectivity index (χ3n) is 7.04. The van der Waals surface area contributed by atoms with Gasteiger partial charge in [-0.1, -0.05) is 42.5 Å². The molecule has 0 atom stereocenters. The SMILES string of the molecule is C=C/C=C\C(F)=C(/CF)c1ccc2c(c1)c(B1OC(C)(C)C(C)(C)O1)cn2S(=O)(=O)c1ccc(C)cc1. The molecule has 0 saturated carbocycles. The fourth-order valence-electron chi connectivity index (χ4n) is 4.13. The zero-order valence-corrected chi connectivity index (χ0v) is 22.4. The van der Waals surface area contributed by atoms with Crippen LogP contribution in [0.15, 0.2) is 84.2 Å². The molecule has 2 aromatic carbocycles. The summed E-state index contributed by atoms with van der Waals surface area (Å²) >= 11 is 0. The smallest absolute Gasteiger partial charge is 0.399 e. The second-order valence-electron chi connectivity index (χ2n) is 10.1. The van der Waals surface area contributed by atoms with Gasteiger partial charge < -0.3 is 9.31 Å². The normalized spacial score (nSPS) is 18.0. The van der Waals surface area contributed by atoms with Crippen LogP contribution in [0.1, 0.15) is 38.8 Å². The molecule has 3 aromatic rings. The Kier molecular flexibility index (Phi) is 7.09. The summed E-state index contributed by atoms with van der Waals surface area (Å²) in [5.74, 6) is -0.745. The van der Waals surface area contributed by atoms with Crippen molar-refractivity contribution in [3.05, 3.63) is 90.4 Å². The number of allylic oxidation sites excluding steroid dienone is 5. The van der Waals surface area contributed by atoms with Gasteiger partial charge in [-0.2, -0.15) is 0 Å². The molecule has 1 saturated heterocycles. The van der Waals surface area contributed by atoms with Gasteiger partial charge in [-0.25, -0.2) is 21.2 Å². The summed E-state index contributed by atoms with van der Waals surface area (Å²) in [7, 11) is -4.88. The molecule has 2 heterocycles. The molecular formula is C28H30BF2NO4S. The average molecular weight is 525 g/mol. The lowest BCUT2D eigenvalue weighted by Gasteiger charge is -2.32. The minimum absolute atomic E-state index is 0.115. The molecule has 37 heavy (non-hydrogen) atoms. The first-order valence-corrected chi connectivity index (χ1v) is 13.3. The minimum Gasteiger partial charge on any atom is -0.399 e. The fraction of sp³-hybridized carbons (Fsp3) is 0.286. The lowest BCUT2D eigenvalue weighted by molar-refractivity contribution is 0.00578. The molecule has 0 N–H and O–H groups in total. The number of hydrogen-bond donors (Lipinski definition) is 0. The maximum Gasteiger partial charge on any atom is 0.497 e. The molecule has 194 valence electrons. The van der Waals surface area contributed by atoms with E-state index in [0.29, 0.717) is 16.4 Å². The van der Waals surface area contributed by atoms with Crippen LogP contribution in [-0.4, -0.2) is 37.4 Å². The highest BCUT2D eigenvalue weighted by molar-refractivity contribution is 7.90. The molecule has 1 fully saturated rings. The molecule has 1 aliphatic heterocycles. The summed E-state index contributed by atoms with van der Waals surface area (Å²) in [6.45, 7) is 11.9. The Bertz CT molecular complexity index is 1500. The van der Waals surface area contributed by atoms with Crippen LogP contribution in [0.25, 0.3) is 16.5 Å². The third kappa shape index (κ3) is 4.83. The average Bonchev–Trinajstić information content (AvgIpc) is 3.32. The number of halogens is 2. The fourth-order valence-corrected chi connectivity index (χ4v) is 5.50. The second-order valence-corrected chi connectivity index (χ2v) is 11.9. The molecule has 1 aromatic heterocycles. The van der Waals surface area contributed by atoms with E-state index in [0.717, 1.165) is 11.6 Å². The summed E-state index contributed by atoms with van der Waals surface area (Å²) in [6.07, 6.45) is 5.38. The number of aryl methyl sites for hydroxylation is 1. The van der Waals surface area contributed by atoms with Crippen molar-refractivity contribution in [2.45, 2.75) is 50.7 Å². The van der Waals surface area contributed by atoms with Crippen LogP contribution in [0.4, 0.5) is 8.78 Å². The predicted molar refractivity (Wildman–Crippen MR) is 145 cm³/mol. The lowest BCUT2D eigenvalue weighted by atomic mass is 9.78. The van der Waals surface area contributed by atoms with E-state index in [-0.39, 0.29) is 16.0 Å². The van der Waals surface area contributed by atoms with E-state index in [1.807, 2.05) is 34.6 Å². The number of nitrogens with zero attached hydrogens (tertiary/aromatic N) is 1. The molecule has 5 nitrogen and oxygen atoms in total. The first kappa shape index (κ1) is 27.0. The van der Waals surface area contributed by atoms with Crippen LogP contribution in [0, 0.1) is 6.92 Å². The third-order valence-corrected chi connectivity index (χ3v) is 8.72. The van der Waals surface area contributed by atoms with Gasteiger partial charge in [0.25, 0.3) is 10.0 Å². The van der Waals surface area contributed by atoms with E-state index in [1.54, 1.807) is 36.4 Å². The molecule has 0 unspecified atom stereocenters. The van der Waals surface area contributed by atoms with Crippen molar-refractivity contribution >= 4 is 39.1 Å². The maximum atomic E-state index is 14.7. The predicted octanol–water partition coefficient (Wildman–Crippen LogP) is 5.88. The number of fused-ring (bicyclic) bond motifs is 1. The number of rotatable bonds is 7. The summed E-state index contributed by atoms with van der Waals surface area (Å²) < 4.78 is 69.7. The first-order valence-electron chi connectivity index (χ1n) is 11.9. The van der Waals surface area contributed by atoms with Crippen LogP contribution in [0.2, 0.25) is 0 Å². The molecule has 0 amide bonds. The van der Waals surface area contributed by atoms with Gasteiger partial charge in [0, 0.05) is 22.6 Å². The molecule has 0 spiro atoms. The summed E-state index contributed by atoms with van der Waals surface area (Å²) in [6, 6.07) is 11.2. The van der Waals surface area contributed by atoms with E-state index in [9.17, 15) is 17.2 Å². The highest BCUT2D eigenvalue weighted by Gasteiger charge is 2.52. The molecule has 4 rings (SSSR count). The quantitative estimate of drug-likeness (QED) is 0.286. The van der Waals surface area contributed by atoms with E-state index in [4.69, 9.17) is 9.31 Å². The molecule has 9 heteroatoms. The van der Waals surface area contributed by atoms with Crippen LogP contribution in [-0.2, 0) is 19.3 Å². The first-order chi connectivity index (χ1) is 17.3. The molecule has 0 aliphatic carbocycles. The van der Waals surface area contributed by atoms with E-state index in [2.05, 4.69) is 6.58 Å². The van der Waals surface area contributed by atoms with Crippen LogP contribution >= 0.6 is 0 Å². The maximum absolute atomic E-state index is 14.7. The largest absolute Gasteiger partial charge is 0.497 e. The minimum atomic E-state index is -3.99. The van der Waals surface area contributed by atoms with E-state index < -0.39 is 40.8 Å². The number of alkyl halides is 1. The van der Waals surface area contributed by atoms with Crippen LogP contribution in [0.5, 0.6) is 0 Å². The van der Waals surface area contributed by atoms with Crippen molar-refractivity contribution in [3.8, 4) is 0 Å². The molecule has 0 bridgehead atoms. The summed E-state index contributed by atoms with van der Waals surface area (Å²) in [5.41, 5.74) is 0.493. The van der Waals surface area contributed by atoms with Crippen molar-refractivity contribution in [1.29, 1.82) is 0 Å². The number of hydrogen-bond acceptors (Lipinski definition) is 4. The van der Waals surface area contributed by atoms with Gasteiger partial charge in [-0.05, 0) is 70.5 Å². The lowest BCUT2D eigenvalue weighted by Crippen LogP contribution is -2.41. The standard InChI is InChI=1S/C28H30BF2NO4S/c1-7-8-9-25(31)23(17-30)20-12-15-26-22(16-20)24(29-35-27(3,4)28(5,6)36-29)18-32(26)37(33,34)21-13-10-19(2)11-14-21/h7-16,18H,1,17H2,2-6H3/b9-8-,25-23-. The van der Waals surface area contributed by atoms with Gasteiger partial charge in [0.1, 0.15) is 12.5 Å². The van der Waals surface area contributed by atoms with E-state index >= 15 is 0 Å². The zero-order valence-electron chi connectivity index (χ0n) is 21.6.